The highest BCUT2D eigenvalue weighted by Gasteiger charge is 2.12. The Bertz CT molecular complexity index is 1080. The summed E-state index contributed by atoms with van der Waals surface area (Å²) < 4.78 is 16.4. The van der Waals surface area contributed by atoms with E-state index in [1.807, 2.05) is 58.0 Å². The predicted octanol–water partition coefficient (Wildman–Crippen LogP) is 4.54. The van der Waals surface area contributed by atoms with Crippen molar-refractivity contribution in [3.63, 3.8) is 0 Å². The number of fused-ring (bicyclic) bond motifs is 1. The third kappa shape index (κ3) is 4.42. The molecule has 0 amide bonds. The van der Waals surface area contributed by atoms with Gasteiger partial charge in [0.05, 0.1) is 13.0 Å². The second-order valence-corrected chi connectivity index (χ2v) is 7.00. The number of esters is 1. The maximum absolute atomic E-state index is 12.1. The summed E-state index contributed by atoms with van der Waals surface area (Å²) in [7, 11) is 0. The average molecular weight is 380 g/mol. The Morgan fingerprint density at radius 2 is 1.75 bits per heavy atom. The zero-order chi connectivity index (χ0) is 20.3. The van der Waals surface area contributed by atoms with Crippen LogP contribution < -0.4 is 10.4 Å². The van der Waals surface area contributed by atoms with Crippen molar-refractivity contribution in [2.45, 2.75) is 40.7 Å². The van der Waals surface area contributed by atoms with Gasteiger partial charge in [-0.2, -0.15) is 0 Å². The van der Waals surface area contributed by atoms with Crippen LogP contribution in [0.5, 0.6) is 5.75 Å². The molecule has 0 bridgehead atoms. The predicted molar refractivity (Wildman–Crippen MR) is 108 cm³/mol. The van der Waals surface area contributed by atoms with E-state index >= 15 is 0 Å². The van der Waals surface area contributed by atoms with E-state index in [-0.39, 0.29) is 25.6 Å². The lowest BCUT2D eigenvalue weighted by molar-refractivity contribution is -0.145. The van der Waals surface area contributed by atoms with E-state index in [2.05, 4.69) is 0 Å². The molecule has 2 aromatic carbocycles. The molecule has 3 rings (SSSR count). The summed E-state index contributed by atoms with van der Waals surface area (Å²) in [6, 6.07) is 11.2. The zero-order valence-electron chi connectivity index (χ0n) is 16.6. The molecule has 0 fully saturated rings. The highest BCUT2D eigenvalue weighted by molar-refractivity contribution is 5.84. The number of hydrogen-bond donors (Lipinski definition) is 0. The first-order chi connectivity index (χ1) is 13.3. The van der Waals surface area contributed by atoms with E-state index in [1.54, 1.807) is 0 Å². The summed E-state index contributed by atoms with van der Waals surface area (Å²) in [5, 5.41) is 0.780. The molecule has 0 unspecified atom stereocenters. The van der Waals surface area contributed by atoms with Crippen molar-refractivity contribution in [2.24, 2.45) is 0 Å². The summed E-state index contributed by atoms with van der Waals surface area (Å²) in [4.78, 5) is 24.0. The van der Waals surface area contributed by atoms with E-state index in [4.69, 9.17) is 13.9 Å². The minimum absolute atomic E-state index is 0.0207. The van der Waals surface area contributed by atoms with Crippen LogP contribution in [0.4, 0.5) is 0 Å². The van der Waals surface area contributed by atoms with E-state index < -0.39 is 5.63 Å². The van der Waals surface area contributed by atoms with Crippen LogP contribution in [-0.4, -0.2) is 12.6 Å². The molecule has 0 aliphatic rings. The van der Waals surface area contributed by atoms with Crippen LogP contribution in [0.15, 0.2) is 45.6 Å². The van der Waals surface area contributed by atoms with Crippen molar-refractivity contribution in [3.05, 3.63) is 74.6 Å². The molecule has 5 heteroatoms. The van der Waals surface area contributed by atoms with Gasteiger partial charge in [-0.3, -0.25) is 4.79 Å². The third-order valence-electron chi connectivity index (χ3n) is 4.81. The first-order valence-corrected chi connectivity index (χ1v) is 9.24. The molecule has 146 valence electrons. The molecule has 1 heterocycles. The number of carbonyl (C=O) groups excluding carboxylic acids is 1. The SMILES string of the molecule is Cc1ccc(C)c(OCCC(=O)OCc2cc(=O)oc3c(C)c(C)ccc23)c1. The maximum atomic E-state index is 12.1. The number of hydrogen-bond acceptors (Lipinski definition) is 5. The molecule has 3 aromatic rings. The molecule has 0 atom stereocenters. The Labute approximate surface area is 163 Å². The average Bonchev–Trinajstić information content (AvgIpc) is 2.66. The fraction of sp³-hybridized carbons (Fsp3) is 0.304. The second-order valence-electron chi connectivity index (χ2n) is 7.00. The standard InChI is InChI=1S/C23H24O5/c1-14-5-6-16(3)20(11-14)26-10-9-21(24)27-13-18-12-22(25)28-23-17(4)15(2)7-8-19(18)23/h5-8,11-12H,9-10,13H2,1-4H3. The maximum Gasteiger partial charge on any atom is 0.336 e. The van der Waals surface area contributed by atoms with Gasteiger partial charge in [0.15, 0.2) is 0 Å². The Kier molecular flexibility index (Phi) is 5.83. The Hall–Kier alpha value is -3.08. The summed E-state index contributed by atoms with van der Waals surface area (Å²) in [5.41, 5.74) is 4.79. The molecule has 0 saturated carbocycles. The zero-order valence-corrected chi connectivity index (χ0v) is 16.6. The van der Waals surface area contributed by atoms with Crippen LogP contribution >= 0.6 is 0 Å². The highest BCUT2D eigenvalue weighted by atomic mass is 16.5. The van der Waals surface area contributed by atoms with Gasteiger partial charge in [0.1, 0.15) is 17.9 Å². The highest BCUT2D eigenvalue weighted by Crippen LogP contribution is 2.24. The van der Waals surface area contributed by atoms with Crippen molar-refractivity contribution in [2.75, 3.05) is 6.61 Å². The molecule has 28 heavy (non-hydrogen) atoms. The normalized spacial score (nSPS) is 10.9. The van der Waals surface area contributed by atoms with Crippen molar-refractivity contribution in [1.29, 1.82) is 0 Å². The Morgan fingerprint density at radius 3 is 2.54 bits per heavy atom. The van der Waals surface area contributed by atoms with Crippen molar-refractivity contribution >= 4 is 16.9 Å². The van der Waals surface area contributed by atoms with Gasteiger partial charge in [-0.1, -0.05) is 24.3 Å². The molecule has 0 aliphatic carbocycles. The molecule has 0 N–H and O–H groups in total. The lowest BCUT2D eigenvalue weighted by atomic mass is 10.0. The molecular formula is C23H24O5. The first-order valence-electron chi connectivity index (χ1n) is 9.24. The van der Waals surface area contributed by atoms with Crippen molar-refractivity contribution in [1.82, 2.24) is 0 Å². The fourth-order valence-electron chi connectivity index (χ4n) is 2.98. The summed E-state index contributed by atoms with van der Waals surface area (Å²) in [5.74, 6) is 0.390. The van der Waals surface area contributed by atoms with Gasteiger partial charge in [0, 0.05) is 17.0 Å². The van der Waals surface area contributed by atoms with Gasteiger partial charge in [-0.25, -0.2) is 4.79 Å². The Morgan fingerprint density at radius 1 is 1.00 bits per heavy atom. The molecule has 0 saturated heterocycles. The number of ether oxygens (including phenoxy) is 2. The van der Waals surface area contributed by atoms with Crippen molar-refractivity contribution in [3.8, 4) is 5.75 Å². The monoisotopic (exact) mass is 380 g/mol. The van der Waals surface area contributed by atoms with Crippen LogP contribution in [0.25, 0.3) is 11.0 Å². The van der Waals surface area contributed by atoms with Crippen LogP contribution in [0.3, 0.4) is 0 Å². The van der Waals surface area contributed by atoms with E-state index in [0.29, 0.717) is 11.1 Å². The number of benzene rings is 2. The van der Waals surface area contributed by atoms with Gasteiger partial charge in [0.2, 0.25) is 0 Å². The topological polar surface area (TPSA) is 65.7 Å². The number of rotatable bonds is 6. The molecule has 0 aliphatic heterocycles. The second kappa shape index (κ2) is 8.30. The van der Waals surface area contributed by atoms with Gasteiger partial charge in [0.25, 0.3) is 0 Å². The van der Waals surface area contributed by atoms with Gasteiger partial charge < -0.3 is 13.9 Å². The fourth-order valence-corrected chi connectivity index (χ4v) is 2.98. The minimum atomic E-state index is -0.453. The quantitative estimate of drug-likeness (QED) is 0.464. The van der Waals surface area contributed by atoms with E-state index in [9.17, 15) is 9.59 Å². The smallest absolute Gasteiger partial charge is 0.336 e. The third-order valence-corrected chi connectivity index (χ3v) is 4.81. The van der Waals surface area contributed by atoms with Crippen LogP contribution in [-0.2, 0) is 16.1 Å². The molecule has 5 nitrogen and oxygen atoms in total. The largest absolute Gasteiger partial charge is 0.493 e. The lowest BCUT2D eigenvalue weighted by Crippen LogP contribution is -2.11. The van der Waals surface area contributed by atoms with E-state index in [0.717, 1.165) is 33.4 Å². The summed E-state index contributed by atoms with van der Waals surface area (Å²) >= 11 is 0. The number of carbonyl (C=O) groups is 1. The molecule has 0 spiro atoms. The summed E-state index contributed by atoms with van der Waals surface area (Å²) in [6.45, 7) is 8.07. The lowest BCUT2D eigenvalue weighted by Gasteiger charge is -2.11. The van der Waals surface area contributed by atoms with Crippen LogP contribution in [0.2, 0.25) is 0 Å². The van der Waals surface area contributed by atoms with Gasteiger partial charge in [-0.05, 0) is 56.0 Å². The summed E-state index contributed by atoms with van der Waals surface area (Å²) in [6.07, 6.45) is 0.130. The molecular weight excluding hydrogens is 356 g/mol. The van der Waals surface area contributed by atoms with Crippen LogP contribution in [0, 0.1) is 27.7 Å². The minimum Gasteiger partial charge on any atom is -0.493 e. The molecule has 1 aromatic heterocycles. The number of aryl methyl sites for hydroxylation is 4. The molecule has 0 radical (unpaired) electrons. The van der Waals surface area contributed by atoms with Crippen LogP contribution in [0.1, 0.15) is 34.2 Å². The van der Waals surface area contributed by atoms with E-state index in [1.165, 1.54) is 6.07 Å². The van der Waals surface area contributed by atoms with Gasteiger partial charge in [-0.15, -0.1) is 0 Å². The van der Waals surface area contributed by atoms with Crippen molar-refractivity contribution < 1.29 is 18.7 Å². The Balaban J connectivity index is 1.62. The van der Waals surface area contributed by atoms with Gasteiger partial charge >= 0.3 is 11.6 Å². The first kappa shape index (κ1) is 19.7.